The van der Waals surface area contributed by atoms with Gasteiger partial charge in [0, 0.05) is 7.05 Å². The third-order valence-corrected chi connectivity index (χ3v) is 5.28. The summed E-state index contributed by atoms with van der Waals surface area (Å²) in [5, 5.41) is 14.2. The second kappa shape index (κ2) is 7.21. The van der Waals surface area contributed by atoms with Gasteiger partial charge in [0.2, 0.25) is 0 Å². The van der Waals surface area contributed by atoms with Crippen LogP contribution in [0.2, 0.25) is 5.15 Å². The van der Waals surface area contributed by atoms with Crippen LogP contribution in [0, 0.1) is 6.92 Å². The molecule has 0 atom stereocenters. The number of nitrogens with one attached hydrogen (secondary N) is 1. The van der Waals surface area contributed by atoms with Crippen LogP contribution in [0.1, 0.15) is 16.1 Å². The first-order valence-electron chi connectivity index (χ1n) is 7.52. The number of benzene rings is 2. The summed E-state index contributed by atoms with van der Waals surface area (Å²) in [6, 6.07) is 15.0. The van der Waals surface area contributed by atoms with Crippen molar-refractivity contribution >= 4 is 35.2 Å². The van der Waals surface area contributed by atoms with Crippen LogP contribution in [0.5, 0.6) is 0 Å². The summed E-state index contributed by atoms with van der Waals surface area (Å²) in [4.78, 5) is 12.3. The quantitative estimate of drug-likeness (QED) is 0.625. The van der Waals surface area contributed by atoms with E-state index in [1.807, 2.05) is 43.3 Å². The van der Waals surface area contributed by atoms with Crippen LogP contribution in [0.15, 0.2) is 53.4 Å². The molecular formula is C18H16ClN3O2S. The fourth-order valence-electron chi connectivity index (χ4n) is 2.46. The van der Waals surface area contributed by atoms with Gasteiger partial charge >= 0.3 is 5.97 Å². The summed E-state index contributed by atoms with van der Waals surface area (Å²) < 4.78 is 4.70. The van der Waals surface area contributed by atoms with Crippen molar-refractivity contribution in [1.29, 1.82) is 0 Å². The first kappa shape index (κ1) is 17.4. The predicted molar refractivity (Wildman–Crippen MR) is 101 cm³/mol. The Balaban J connectivity index is 1.94. The van der Waals surface area contributed by atoms with Crippen molar-refractivity contribution in [1.82, 2.24) is 9.78 Å². The molecule has 3 aromatic rings. The molecule has 0 amide bonds. The predicted octanol–water partition coefficient (Wildman–Crippen LogP) is 4.87. The summed E-state index contributed by atoms with van der Waals surface area (Å²) in [5.41, 5.74) is 3.44. The van der Waals surface area contributed by atoms with Gasteiger partial charge in [0.15, 0.2) is 0 Å². The number of nitrogens with zero attached hydrogens (tertiary/aromatic N) is 2. The molecule has 0 spiro atoms. The average molecular weight is 374 g/mol. The molecular weight excluding hydrogens is 358 g/mol. The maximum absolute atomic E-state index is 11.5. The summed E-state index contributed by atoms with van der Waals surface area (Å²) in [5.74, 6) is -0.989. The van der Waals surface area contributed by atoms with E-state index in [4.69, 9.17) is 11.6 Å². The van der Waals surface area contributed by atoms with E-state index in [0.717, 1.165) is 21.7 Å². The van der Waals surface area contributed by atoms with Crippen molar-refractivity contribution in [3.8, 4) is 11.1 Å². The highest BCUT2D eigenvalue weighted by atomic mass is 35.5. The average Bonchev–Trinajstić information content (AvgIpc) is 2.85. The zero-order valence-corrected chi connectivity index (χ0v) is 15.2. The highest BCUT2D eigenvalue weighted by molar-refractivity contribution is 8.00. The highest BCUT2D eigenvalue weighted by Crippen LogP contribution is 2.33. The van der Waals surface area contributed by atoms with Crippen LogP contribution in [-0.2, 0) is 7.05 Å². The lowest BCUT2D eigenvalue weighted by Crippen LogP contribution is -2.02. The Morgan fingerprint density at radius 2 is 1.92 bits per heavy atom. The molecule has 0 saturated carbocycles. The van der Waals surface area contributed by atoms with Gasteiger partial charge in [-0.1, -0.05) is 48.0 Å². The van der Waals surface area contributed by atoms with Crippen LogP contribution in [0.4, 0.5) is 5.69 Å². The standard InChI is InChI=1S/C18H16ClN3O2S/c1-11-16(17(19)22(2)20-11)25-21-15-10-13(8-9-14(15)18(23)24)12-6-4-3-5-7-12/h3-10,21H,1-2H3,(H,23,24). The lowest BCUT2D eigenvalue weighted by molar-refractivity contribution is 0.0698. The van der Waals surface area contributed by atoms with E-state index in [1.54, 1.807) is 23.9 Å². The van der Waals surface area contributed by atoms with Gasteiger partial charge in [0.25, 0.3) is 0 Å². The topological polar surface area (TPSA) is 67.2 Å². The fraction of sp³-hybridized carbons (Fsp3) is 0.111. The molecule has 0 fully saturated rings. The number of aryl methyl sites for hydroxylation is 2. The molecule has 1 heterocycles. The molecule has 128 valence electrons. The second-order valence-corrected chi connectivity index (χ2v) is 6.64. The van der Waals surface area contributed by atoms with Crippen LogP contribution >= 0.6 is 23.5 Å². The Bertz CT molecular complexity index is 926. The molecule has 1 aromatic heterocycles. The lowest BCUT2D eigenvalue weighted by Gasteiger charge is -2.11. The van der Waals surface area contributed by atoms with Crippen LogP contribution in [-0.4, -0.2) is 20.9 Å². The minimum Gasteiger partial charge on any atom is -0.478 e. The molecule has 0 aliphatic heterocycles. The first-order chi connectivity index (χ1) is 12.0. The van der Waals surface area contributed by atoms with Crippen molar-refractivity contribution in [3.63, 3.8) is 0 Å². The minimum atomic E-state index is -0.989. The van der Waals surface area contributed by atoms with Crippen molar-refractivity contribution < 1.29 is 9.90 Å². The van der Waals surface area contributed by atoms with Gasteiger partial charge in [0.1, 0.15) is 5.15 Å². The number of carboxylic acid groups (broad SMARTS) is 1. The molecule has 0 radical (unpaired) electrons. The number of carbonyl (C=O) groups is 1. The number of hydrogen-bond donors (Lipinski definition) is 2. The highest BCUT2D eigenvalue weighted by Gasteiger charge is 2.15. The Morgan fingerprint density at radius 1 is 1.20 bits per heavy atom. The van der Waals surface area contributed by atoms with E-state index in [-0.39, 0.29) is 5.56 Å². The zero-order chi connectivity index (χ0) is 18.0. The number of aromatic nitrogens is 2. The van der Waals surface area contributed by atoms with Crippen LogP contribution in [0.3, 0.4) is 0 Å². The Kier molecular flexibility index (Phi) is 5.01. The minimum absolute atomic E-state index is 0.199. The lowest BCUT2D eigenvalue weighted by atomic mass is 10.0. The molecule has 2 N–H and O–H groups in total. The zero-order valence-electron chi connectivity index (χ0n) is 13.7. The van der Waals surface area contributed by atoms with Crippen molar-refractivity contribution in [2.45, 2.75) is 11.8 Å². The number of halogens is 1. The number of carboxylic acids is 1. The number of aromatic carboxylic acids is 1. The van der Waals surface area contributed by atoms with Crippen LogP contribution < -0.4 is 4.72 Å². The van der Waals surface area contributed by atoms with E-state index >= 15 is 0 Å². The molecule has 7 heteroatoms. The van der Waals surface area contributed by atoms with E-state index < -0.39 is 5.97 Å². The van der Waals surface area contributed by atoms with Gasteiger partial charge in [-0.2, -0.15) is 5.10 Å². The fourth-order valence-corrected chi connectivity index (χ4v) is 3.53. The van der Waals surface area contributed by atoms with Crippen LogP contribution in [0.25, 0.3) is 11.1 Å². The number of hydrogen-bond acceptors (Lipinski definition) is 4. The summed E-state index contributed by atoms with van der Waals surface area (Å²) in [6.07, 6.45) is 0. The normalized spacial score (nSPS) is 10.7. The molecule has 0 unspecified atom stereocenters. The maximum Gasteiger partial charge on any atom is 0.337 e. The Hall–Kier alpha value is -2.44. The molecule has 25 heavy (non-hydrogen) atoms. The van der Waals surface area contributed by atoms with Gasteiger partial charge in [-0.3, -0.25) is 4.68 Å². The Labute approximate surface area is 154 Å². The van der Waals surface area contributed by atoms with Crippen molar-refractivity contribution in [2.24, 2.45) is 7.05 Å². The van der Waals surface area contributed by atoms with Gasteiger partial charge in [-0.25, -0.2) is 4.79 Å². The molecule has 3 rings (SSSR count). The van der Waals surface area contributed by atoms with Gasteiger partial charge in [-0.15, -0.1) is 0 Å². The molecule has 0 aliphatic carbocycles. The number of anilines is 1. The number of rotatable bonds is 5. The SMILES string of the molecule is Cc1nn(C)c(Cl)c1SNc1cc(-c2ccccc2)ccc1C(=O)O. The molecule has 0 aliphatic rings. The van der Waals surface area contributed by atoms with Crippen molar-refractivity contribution in [2.75, 3.05) is 4.72 Å². The smallest absolute Gasteiger partial charge is 0.337 e. The third-order valence-electron chi connectivity index (χ3n) is 3.72. The Morgan fingerprint density at radius 3 is 2.52 bits per heavy atom. The largest absolute Gasteiger partial charge is 0.478 e. The second-order valence-electron chi connectivity index (χ2n) is 5.46. The molecule has 0 bridgehead atoms. The summed E-state index contributed by atoms with van der Waals surface area (Å²) in [6.45, 7) is 1.86. The van der Waals surface area contributed by atoms with Gasteiger partial charge in [-0.05, 0) is 42.1 Å². The monoisotopic (exact) mass is 373 g/mol. The third kappa shape index (κ3) is 3.65. The molecule has 2 aromatic carbocycles. The summed E-state index contributed by atoms with van der Waals surface area (Å²) in [7, 11) is 1.76. The van der Waals surface area contributed by atoms with E-state index in [2.05, 4.69) is 9.82 Å². The maximum atomic E-state index is 11.5. The van der Waals surface area contributed by atoms with E-state index in [0.29, 0.717) is 10.8 Å². The van der Waals surface area contributed by atoms with Gasteiger partial charge in [0.05, 0.1) is 21.8 Å². The first-order valence-corrected chi connectivity index (χ1v) is 8.71. The molecule has 0 saturated heterocycles. The summed E-state index contributed by atoms with van der Waals surface area (Å²) >= 11 is 7.49. The van der Waals surface area contributed by atoms with Crippen molar-refractivity contribution in [3.05, 3.63) is 64.9 Å². The van der Waals surface area contributed by atoms with E-state index in [1.165, 1.54) is 11.9 Å². The van der Waals surface area contributed by atoms with E-state index in [9.17, 15) is 9.90 Å². The van der Waals surface area contributed by atoms with Gasteiger partial charge < -0.3 is 9.83 Å². The molecule has 5 nitrogen and oxygen atoms in total.